The summed E-state index contributed by atoms with van der Waals surface area (Å²) >= 11 is 8.78. The molecule has 1 amide bonds. The van der Waals surface area contributed by atoms with Crippen molar-refractivity contribution in [2.24, 2.45) is 0 Å². The predicted octanol–water partition coefficient (Wildman–Crippen LogP) is 3.96. The topological polar surface area (TPSA) is 79.4 Å². The zero-order valence-corrected chi connectivity index (χ0v) is 19.9. The molecule has 6 nitrogen and oxygen atoms in total. The summed E-state index contributed by atoms with van der Waals surface area (Å²) in [6.07, 6.45) is 2.16. The SMILES string of the molecule is O=C(Cc1csc(Cc2cccc(Cl)c2)n1)N1CCC(NS(=O)(=O)c2cccs2)CC1. The van der Waals surface area contributed by atoms with Gasteiger partial charge in [-0.15, -0.1) is 22.7 Å². The third-order valence-corrected chi connectivity index (χ3v) is 9.16. The van der Waals surface area contributed by atoms with Crippen LogP contribution in [0.1, 0.15) is 29.1 Å². The Labute approximate surface area is 194 Å². The van der Waals surface area contributed by atoms with Crippen molar-refractivity contribution < 1.29 is 13.2 Å². The van der Waals surface area contributed by atoms with Gasteiger partial charge in [-0.3, -0.25) is 4.79 Å². The summed E-state index contributed by atoms with van der Waals surface area (Å²) < 4.78 is 27.8. The van der Waals surface area contributed by atoms with Gasteiger partial charge in [-0.25, -0.2) is 18.1 Å². The van der Waals surface area contributed by atoms with Crippen molar-refractivity contribution in [3.8, 4) is 0 Å². The van der Waals surface area contributed by atoms with Gasteiger partial charge in [-0.05, 0) is 42.0 Å². The van der Waals surface area contributed by atoms with Gasteiger partial charge in [0.2, 0.25) is 15.9 Å². The van der Waals surface area contributed by atoms with Gasteiger partial charge in [0, 0.05) is 36.0 Å². The van der Waals surface area contributed by atoms with E-state index in [1.807, 2.05) is 29.6 Å². The molecule has 0 unspecified atom stereocenters. The Balaban J connectivity index is 1.27. The van der Waals surface area contributed by atoms with Gasteiger partial charge in [0.1, 0.15) is 4.21 Å². The zero-order valence-electron chi connectivity index (χ0n) is 16.7. The molecule has 2 aromatic heterocycles. The van der Waals surface area contributed by atoms with E-state index in [0.29, 0.717) is 41.6 Å². The van der Waals surface area contributed by atoms with Crippen molar-refractivity contribution >= 4 is 50.2 Å². The Morgan fingerprint density at radius 3 is 2.71 bits per heavy atom. The number of halogens is 1. The van der Waals surface area contributed by atoms with E-state index >= 15 is 0 Å². The van der Waals surface area contributed by atoms with E-state index in [-0.39, 0.29) is 18.4 Å². The number of amides is 1. The summed E-state index contributed by atoms with van der Waals surface area (Å²) in [5.41, 5.74) is 1.86. The molecule has 1 aliphatic rings. The van der Waals surface area contributed by atoms with E-state index in [4.69, 9.17) is 11.6 Å². The minimum atomic E-state index is -3.48. The monoisotopic (exact) mass is 495 g/mol. The average molecular weight is 496 g/mol. The van der Waals surface area contributed by atoms with Crippen molar-refractivity contribution in [3.05, 3.63) is 68.4 Å². The molecule has 1 fully saturated rings. The number of piperidine rings is 1. The Bertz CT molecular complexity index is 1140. The number of nitrogens with one attached hydrogen (secondary N) is 1. The van der Waals surface area contributed by atoms with Gasteiger partial charge in [0.05, 0.1) is 17.1 Å². The first-order valence-electron chi connectivity index (χ1n) is 9.90. The number of carbonyl (C=O) groups excluding carboxylic acids is 1. The molecule has 0 atom stereocenters. The maximum atomic E-state index is 12.7. The van der Waals surface area contributed by atoms with Crippen molar-refractivity contribution in [3.63, 3.8) is 0 Å². The maximum absolute atomic E-state index is 12.7. The summed E-state index contributed by atoms with van der Waals surface area (Å²) in [7, 11) is -3.48. The Hall–Kier alpha value is -1.78. The molecule has 1 saturated heterocycles. The van der Waals surface area contributed by atoms with Crippen molar-refractivity contribution in [2.75, 3.05) is 13.1 Å². The summed E-state index contributed by atoms with van der Waals surface area (Å²) in [6, 6.07) is 10.9. The number of rotatable bonds is 7. The molecule has 31 heavy (non-hydrogen) atoms. The van der Waals surface area contributed by atoms with Crippen LogP contribution in [0.4, 0.5) is 0 Å². The molecular weight excluding hydrogens is 474 g/mol. The molecule has 10 heteroatoms. The number of likely N-dealkylation sites (tertiary alicyclic amines) is 1. The number of thiazole rings is 1. The molecule has 0 spiro atoms. The van der Waals surface area contributed by atoms with Gasteiger partial charge in [0.15, 0.2) is 0 Å². The first-order valence-corrected chi connectivity index (χ1v) is 13.5. The highest BCUT2D eigenvalue weighted by molar-refractivity contribution is 7.91. The van der Waals surface area contributed by atoms with Gasteiger partial charge in [0.25, 0.3) is 0 Å². The molecule has 3 heterocycles. The second-order valence-corrected chi connectivity index (χ2v) is 11.7. The van der Waals surface area contributed by atoms with Gasteiger partial charge < -0.3 is 4.90 Å². The van der Waals surface area contributed by atoms with E-state index in [0.717, 1.165) is 16.3 Å². The van der Waals surface area contributed by atoms with Gasteiger partial charge in [-0.2, -0.15) is 0 Å². The van der Waals surface area contributed by atoms with E-state index in [1.165, 1.54) is 11.3 Å². The van der Waals surface area contributed by atoms with Crippen LogP contribution in [0.3, 0.4) is 0 Å². The van der Waals surface area contributed by atoms with Crippen LogP contribution < -0.4 is 4.72 Å². The Morgan fingerprint density at radius 2 is 2.00 bits per heavy atom. The largest absolute Gasteiger partial charge is 0.342 e. The normalized spacial score (nSPS) is 15.3. The Kier molecular flexibility index (Phi) is 7.08. The highest BCUT2D eigenvalue weighted by atomic mass is 35.5. The molecule has 1 aliphatic heterocycles. The molecule has 0 aliphatic carbocycles. The molecule has 0 bridgehead atoms. The maximum Gasteiger partial charge on any atom is 0.250 e. The van der Waals surface area contributed by atoms with Crippen molar-refractivity contribution in [2.45, 2.75) is 35.9 Å². The fourth-order valence-electron chi connectivity index (χ4n) is 3.54. The first-order chi connectivity index (χ1) is 14.9. The number of sulfonamides is 1. The van der Waals surface area contributed by atoms with E-state index < -0.39 is 10.0 Å². The van der Waals surface area contributed by atoms with Crippen LogP contribution >= 0.6 is 34.3 Å². The minimum absolute atomic E-state index is 0.0270. The highest BCUT2D eigenvalue weighted by Crippen LogP contribution is 2.21. The van der Waals surface area contributed by atoms with Crippen LogP contribution in [0.5, 0.6) is 0 Å². The molecule has 3 aromatic rings. The third-order valence-electron chi connectivity index (χ3n) is 5.11. The molecule has 4 rings (SSSR count). The third kappa shape index (κ3) is 5.93. The number of nitrogens with zero attached hydrogens (tertiary/aromatic N) is 2. The second kappa shape index (κ2) is 9.79. The van der Waals surface area contributed by atoms with E-state index in [2.05, 4.69) is 9.71 Å². The number of aromatic nitrogens is 1. The number of hydrogen-bond acceptors (Lipinski definition) is 6. The molecule has 1 aromatic carbocycles. The molecule has 0 radical (unpaired) electrons. The average Bonchev–Trinajstić information content (AvgIpc) is 3.41. The predicted molar refractivity (Wildman–Crippen MR) is 124 cm³/mol. The Morgan fingerprint density at radius 1 is 1.19 bits per heavy atom. The fourth-order valence-corrected chi connectivity index (χ4v) is 6.90. The molecule has 0 saturated carbocycles. The van der Waals surface area contributed by atoms with Crippen LogP contribution in [0.15, 0.2) is 51.4 Å². The quantitative estimate of drug-likeness (QED) is 0.538. The fraction of sp³-hybridized carbons (Fsp3) is 0.333. The van der Waals surface area contributed by atoms with E-state index in [1.54, 1.807) is 33.7 Å². The van der Waals surface area contributed by atoms with Gasteiger partial charge >= 0.3 is 0 Å². The summed E-state index contributed by atoms with van der Waals surface area (Å²) in [6.45, 7) is 1.08. The van der Waals surface area contributed by atoms with Crippen LogP contribution in [0.2, 0.25) is 5.02 Å². The lowest BCUT2D eigenvalue weighted by molar-refractivity contribution is -0.131. The van der Waals surface area contributed by atoms with Crippen LogP contribution in [-0.2, 0) is 27.7 Å². The lowest BCUT2D eigenvalue weighted by Crippen LogP contribution is -2.46. The second-order valence-electron chi connectivity index (χ2n) is 7.42. The molecule has 164 valence electrons. The summed E-state index contributed by atoms with van der Waals surface area (Å²) in [4.78, 5) is 19.1. The summed E-state index contributed by atoms with van der Waals surface area (Å²) in [5.74, 6) is 0.0270. The number of carbonyl (C=O) groups is 1. The highest BCUT2D eigenvalue weighted by Gasteiger charge is 2.27. The summed E-state index contributed by atoms with van der Waals surface area (Å²) in [5, 5.41) is 5.33. The smallest absolute Gasteiger partial charge is 0.250 e. The lowest BCUT2D eigenvalue weighted by atomic mass is 10.1. The van der Waals surface area contributed by atoms with Crippen LogP contribution in [0.25, 0.3) is 0 Å². The first kappa shape index (κ1) is 22.4. The lowest BCUT2D eigenvalue weighted by Gasteiger charge is -2.32. The van der Waals surface area contributed by atoms with E-state index in [9.17, 15) is 13.2 Å². The zero-order chi connectivity index (χ0) is 21.8. The number of benzene rings is 1. The van der Waals surface area contributed by atoms with Crippen molar-refractivity contribution in [1.82, 2.24) is 14.6 Å². The molecule has 1 N–H and O–H groups in total. The van der Waals surface area contributed by atoms with Crippen molar-refractivity contribution in [1.29, 1.82) is 0 Å². The minimum Gasteiger partial charge on any atom is -0.342 e. The van der Waals surface area contributed by atoms with Crippen LogP contribution in [-0.4, -0.2) is 43.3 Å². The number of thiophene rings is 1. The standard InChI is InChI=1S/C21H22ClN3O3S3/c22-16-4-1-3-15(11-16)12-19-23-18(14-30-19)13-20(26)25-8-6-17(7-9-25)24-31(27,28)21-5-2-10-29-21/h1-5,10-11,14,17,24H,6-9,12-13H2. The number of hydrogen-bond donors (Lipinski definition) is 1. The molecular formula is C21H22ClN3O3S3. The van der Waals surface area contributed by atoms with Crippen LogP contribution in [0, 0.1) is 0 Å². The van der Waals surface area contributed by atoms with Gasteiger partial charge in [-0.1, -0.05) is 29.8 Å².